The van der Waals surface area contributed by atoms with Crippen LogP contribution in [0.5, 0.6) is 5.75 Å². The van der Waals surface area contributed by atoms with Gasteiger partial charge in [-0.15, -0.1) is 0 Å². The predicted molar refractivity (Wildman–Crippen MR) is 68.8 cm³/mol. The van der Waals surface area contributed by atoms with Crippen LogP contribution in [0.2, 0.25) is 0 Å². The Hall–Kier alpha value is -1.35. The summed E-state index contributed by atoms with van der Waals surface area (Å²) in [6.45, 7) is 0.436. The van der Waals surface area contributed by atoms with Crippen LogP contribution in [0.3, 0.4) is 0 Å². The minimum Gasteiger partial charge on any atom is -0.488 e. The molecule has 86 valence electrons. The highest BCUT2D eigenvalue weighted by molar-refractivity contribution is 9.08. The fraction of sp³-hybridized carbons (Fsp3) is 0.143. The van der Waals surface area contributed by atoms with E-state index in [-0.39, 0.29) is 5.82 Å². The lowest BCUT2D eigenvalue weighted by molar-refractivity contribution is 0.301. The molecule has 1 nitrogen and oxygen atoms in total. The van der Waals surface area contributed by atoms with Crippen LogP contribution in [0.1, 0.15) is 11.1 Å². The highest BCUT2D eigenvalue weighted by atomic mass is 79.9. The van der Waals surface area contributed by atoms with Gasteiger partial charge in [-0.1, -0.05) is 34.1 Å². The Morgan fingerprint density at radius 1 is 1.12 bits per heavy atom. The average Bonchev–Trinajstić information content (AvgIpc) is 2.37. The summed E-state index contributed by atoms with van der Waals surface area (Å²) in [6.07, 6.45) is 0. The second kappa shape index (κ2) is 4.15. The summed E-state index contributed by atoms with van der Waals surface area (Å²) in [5.41, 5.74) is 4.18. The Kier molecular flexibility index (Phi) is 2.63. The summed E-state index contributed by atoms with van der Waals surface area (Å²) in [7, 11) is 0. The quantitative estimate of drug-likeness (QED) is 0.713. The first-order valence-corrected chi connectivity index (χ1v) is 6.50. The molecule has 17 heavy (non-hydrogen) atoms. The van der Waals surface area contributed by atoms with Crippen molar-refractivity contribution in [3.63, 3.8) is 0 Å². The maximum atomic E-state index is 13.1. The molecule has 0 atom stereocenters. The molecule has 0 amide bonds. The van der Waals surface area contributed by atoms with Gasteiger partial charge in [0.05, 0.1) is 0 Å². The van der Waals surface area contributed by atoms with Gasteiger partial charge in [0.2, 0.25) is 0 Å². The molecular formula is C14H10BrFO. The SMILES string of the molecule is Fc1ccc2c(c1)COc1cc(CBr)ccc1-2. The van der Waals surface area contributed by atoms with Crippen LogP contribution in [0.4, 0.5) is 4.39 Å². The molecule has 0 spiro atoms. The molecule has 1 heterocycles. The van der Waals surface area contributed by atoms with Crippen molar-refractivity contribution in [1.82, 2.24) is 0 Å². The van der Waals surface area contributed by atoms with Gasteiger partial charge in [0.25, 0.3) is 0 Å². The Labute approximate surface area is 107 Å². The fourth-order valence-electron chi connectivity index (χ4n) is 2.09. The lowest BCUT2D eigenvalue weighted by Crippen LogP contribution is -2.06. The number of hydrogen-bond acceptors (Lipinski definition) is 1. The second-order valence-electron chi connectivity index (χ2n) is 4.05. The Balaban J connectivity index is 2.16. The molecule has 0 unspecified atom stereocenters. The summed E-state index contributed by atoms with van der Waals surface area (Å²) < 4.78 is 18.8. The molecule has 1 aliphatic heterocycles. The van der Waals surface area contributed by atoms with E-state index in [0.29, 0.717) is 6.61 Å². The van der Waals surface area contributed by atoms with E-state index in [2.05, 4.69) is 22.0 Å². The number of alkyl halides is 1. The maximum Gasteiger partial charge on any atom is 0.127 e. The molecule has 3 rings (SSSR count). The number of rotatable bonds is 1. The number of fused-ring (bicyclic) bond motifs is 3. The van der Waals surface area contributed by atoms with E-state index in [1.165, 1.54) is 17.7 Å². The first-order valence-electron chi connectivity index (χ1n) is 5.38. The molecule has 0 bridgehead atoms. The van der Waals surface area contributed by atoms with Crippen molar-refractivity contribution >= 4 is 15.9 Å². The van der Waals surface area contributed by atoms with Crippen LogP contribution < -0.4 is 4.74 Å². The van der Waals surface area contributed by atoms with Crippen LogP contribution in [0.15, 0.2) is 36.4 Å². The third-order valence-corrected chi connectivity index (χ3v) is 3.59. The summed E-state index contributed by atoms with van der Waals surface area (Å²) in [5.74, 6) is 0.661. The third-order valence-electron chi connectivity index (χ3n) is 2.94. The van der Waals surface area contributed by atoms with Crippen molar-refractivity contribution < 1.29 is 9.13 Å². The van der Waals surface area contributed by atoms with Crippen LogP contribution in [-0.2, 0) is 11.9 Å². The summed E-state index contributed by atoms with van der Waals surface area (Å²) >= 11 is 3.42. The van der Waals surface area contributed by atoms with Gasteiger partial charge < -0.3 is 4.74 Å². The molecule has 0 saturated carbocycles. The molecule has 0 fully saturated rings. The van der Waals surface area contributed by atoms with Gasteiger partial charge >= 0.3 is 0 Å². The first-order chi connectivity index (χ1) is 8.28. The van der Waals surface area contributed by atoms with Gasteiger partial charge in [-0.25, -0.2) is 4.39 Å². The van der Waals surface area contributed by atoms with Crippen molar-refractivity contribution in [2.75, 3.05) is 0 Å². The topological polar surface area (TPSA) is 9.23 Å². The zero-order chi connectivity index (χ0) is 11.8. The molecule has 0 aromatic heterocycles. The van der Waals surface area contributed by atoms with E-state index in [4.69, 9.17) is 4.74 Å². The minimum atomic E-state index is -0.215. The number of ether oxygens (including phenoxy) is 1. The number of hydrogen-bond donors (Lipinski definition) is 0. The Morgan fingerprint density at radius 2 is 1.94 bits per heavy atom. The molecule has 0 saturated heterocycles. The van der Waals surface area contributed by atoms with E-state index in [1.54, 1.807) is 0 Å². The van der Waals surface area contributed by atoms with Gasteiger partial charge in [0, 0.05) is 16.5 Å². The molecule has 0 aliphatic carbocycles. The smallest absolute Gasteiger partial charge is 0.127 e. The van der Waals surface area contributed by atoms with E-state index in [9.17, 15) is 4.39 Å². The molecular weight excluding hydrogens is 283 g/mol. The van der Waals surface area contributed by atoms with Gasteiger partial charge in [-0.3, -0.25) is 0 Å². The van der Waals surface area contributed by atoms with Crippen molar-refractivity contribution in [2.24, 2.45) is 0 Å². The Morgan fingerprint density at radius 3 is 2.76 bits per heavy atom. The van der Waals surface area contributed by atoms with E-state index < -0.39 is 0 Å². The van der Waals surface area contributed by atoms with E-state index in [1.807, 2.05) is 18.2 Å². The van der Waals surface area contributed by atoms with E-state index >= 15 is 0 Å². The largest absolute Gasteiger partial charge is 0.488 e. The number of benzene rings is 2. The fourth-order valence-corrected chi connectivity index (χ4v) is 2.44. The normalized spacial score (nSPS) is 12.6. The molecule has 0 radical (unpaired) electrons. The molecule has 2 aromatic carbocycles. The lowest BCUT2D eigenvalue weighted by Gasteiger charge is -2.21. The Bertz CT molecular complexity index is 580. The summed E-state index contributed by atoms with van der Waals surface area (Å²) in [6, 6.07) is 11.0. The highest BCUT2D eigenvalue weighted by Crippen LogP contribution is 2.38. The first kappa shape index (κ1) is 10.8. The summed E-state index contributed by atoms with van der Waals surface area (Å²) in [5, 5.41) is 0.805. The molecule has 0 N–H and O–H groups in total. The van der Waals surface area contributed by atoms with Gasteiger partial charge in [0.15, 0.2) is 0 Å². The summed E-state index contributed by atoms with van der Waals surface area (Å²) in [4.78, 5) is 0. The average molecular weight is 293 g/mol. The molecule has 2 aromatic rings. The van der Waals surface area contributed by atoms with E-state index in [0.717, 1.165) is 27.8 Å². The third kappa shape index (κ3) is 1.84. The maximum absolute atomic E-state index is 13.1. The van der Waals surface area contributed by atoms with Gasteiger partial charge in [-0.05, 0) is 29.3 Å². The molecule has 1 aliphatic rings. The lowest BCUT2D eigenvalue weighted by atomic mass is 9.96. The molecule has 3 heteroatoms. The van der Waals surface area contributed by atoms with Crippen molar-refractivity contribution in [2.45, 2.75) is 11.9 Å². The van der Waals surface area contributed by atoms with Crippen molar-refractivity contribution in [3.05, 3.63) is 53.3 Å². The van der Waals surface area contributed by atoms with Crippen molar-refractivity contribution in [3.8, 4) is 16.9 Å². The zero-order valence-corrected chi connectivity index (χ0v) is 10.6. The van der Waals surface area contributed by atoms with Crippen LogP contribution >= 0.6 is 15.9 Å². The zero-order valence-electron chi connectivity index (χ0n) is 9.04. The standard InChI is InChI=1S/C14H10BrFO/c15-7-9-1-3-13-12-4-2-11(16)6-10(12)8-17-14(13)5-9/h1-6H,7-8H2. The predicted octanol–water partition coefficient (Wildman–Crippen LogP) is 4.28. The minimum absolute atomic E-state index is 0.215. The van der Waals surface area contributed by atoms with Crippen LogP contribution in [-0.4, -0.2) is 0 Å². The van der Waals surface area contributed by atoms with Gasteiger partial charge in [-0.2, -0.15) is 0 Å². The van der Waals surface area contributed by atoms with Crippen LogP contribution in [0.25, 0.3) is 11.1 Å². The highest BCUT2D eigenvalue weighted by Gasteiger charge is 2.17. The number of halogens is 2. The monoisotopic (exact) mass is 292 g/mol. The second-order valence-corrected chi connectivity index (χ2v) is 4.62. The van der Waals surface area contributed by atoms with Crippen molar-refractivity contribution in [1.29, 1.82) is 0 Å². The van der Waals surface area contributed by atoms with Gasteiger partial charge in [0.1, 0.15) is 18.2 Å². The van der Waals surface area contributed by atoms with Crippen LogP contribution in [0, 0.1) is 5.82 Å².